The Bertz CT molecular complexity index is 1980. The summed E-state index contributed by atoms with van der Waals surface area (Å²) >= 11 is 13.0. The Morgan fingerprint density at radius 1 is 0.826 bits per heavy atom. The lowest BCUT2D eigenvalue weighted by Crippen LogP contribution is -2.73. The number of aryl methyl sites for hydroxylation is 2. The molecule has 9 rings (SSSR count). The van der Waals surface area contributed by atoms with Gasteiger partial charge in [0.25, 0.3) is 0 Å². The fraction of sp³-hybridized carbons (Fsp3) is 0.457. The summed E-state index contributed by atoms with van der Waals surface area (Å²) in [4.78, 5) is 51.0. The summed E-state index contributed by atoms with van der Waals surface area (Å²) in [5.74, 6) is 1.47. The molecule has 2 aliphatic heterocycles. The molecular formula is C35H36Cl2N4O5. The second kappa shape index (κ2) is 10.2. The van der Waals surface area contributed by atoms with Crippen LogP contribution < -0.4 is 19.3 Å². The Kier molecular flexibility index (Phi) is 6.55. The summed E-state index contributed by atoms with van der Waals surface area (Å²) in [6.45, 7) is 8.84. The molecule has 2 aromatic heterocycles. The van der Waals surface area contributed by atoms with Gasteiger partial charge in [-0.05, 0) is 62.3 Å². The molecule has 3 fully saturated rings. The van der Waals surface area contributed by atoms with Crippen molar-refractivity contribution in [2.24, 2.45) is 10.8 Å². The smallest absolute Gasteiger partial charge is 0.308 e. The lowest BCUT2D eigenvalue weighted by Gasteiger charge is -2.69. The Morgan fingerprint density at radius 2 is 1.28 bits per heavy atom. The summed E-state index contributed by atoms with van der Waals surface area (Å²) in [5.41, 5.74) is 6.29. The van der Waals surface area contributed by atoms with E-state index in [0.29, 0.717) is 56.5 Å². The summed E-state index contributed by atoms with van der Waals surface area (Å²) in [6.07, 6.45) is 5.40. The highest BCUT2D eigenvalue weighted by Gasteiger charge is 2.76. The lowest BCUT2D eigenvalue weighted by molar-refractivity contribution is -0.204. The number of hydrogen-bond acceptors (Lipinski definition) is 5. The van der Waals surface area contributed by atoms with Crippen LogP contribution in [0.25, 0.3) is 21.8 Å². The van der Waals surface area contributed by atoms with Gasteiger partial charge in [-0.1, -0.05) is 0 Å². The third-order valence-corrected chi connectivity index (χ3v) is 11.6. The number of amides is 2. The highest BCUT2D eigenvalue weighted by Crippen LogP contribution is 2.75. The number of nitrogens with zero attached hydrogens (tertiary/aromatic N) is 2. The summed E-state index contributed by atoms with van der Waals surface area (Å²) < 4.78 is 11.6. The second-order valence-electron chi connectivity index (χ2n) is 13.7. The van der Waals surface area contributed by atoms with Gasteiger partial charge in [-0.2, -0.15) is 0 Å². The Hall–Kier alpha value is -3.69. The fourth-order valence-corrected chi connectivity index (χ4v) is 9.48. The van der Waals surface area contributed by atoms with Crippen LogP contribution in [0.2, 0.25) is 0 Å². The van der Waals surface area contributed by atoms with Crippen molar-refractivity contribution in [1.29, 1.82) is 0 Å². The highest BCUT2D eigenvalue weighted by atomic mass is 35.5. The first-order valence-corrected chi connectivity index (χ1v) is 17.0. The molecule has 5 aliphatic rings. The number of ether oxygens (including phenoxy) is 2. The van der Waals surface area contributed by atoms with E-state index in [4.69, 9.17) is 32.7 Å². The molecule has 0 radical (unpaired) electrons. The number of hydrogen-bond donors (Lipinski definition) is 2. The van der Waals surface area contributed by atoms with E-state index in [1.54, 1.807) is 6.07 Å². The summed E-state index contributed by atoms with van der Waals surface area (Å²) in [5, 5.41) is 2.02. The number of aromatic nitrogens is 2. The van der Waals surface area contributed by atoms with Crippen molar-refractivity contribution in [3.63, 3.8) is 0 Å². The fourth-order valence-electron chi connectivity index (χ4n) is 8.98. The summed E-state index contributed by atoms with van der Waals surface area (Å²) in [6, 6.07) is 3.77. The van der Waals surface area contributed by atoms with Crippen molar-refractivity contribution in [3.8, 4) is 11.5 Å². The zero-order valence-electron chi connectivity index (χ0n) is 26.3. The van der Waals surface area contributed by atoms with E-state index in [0.717, 1.165) is 61.2 Å². The number of aromatic amines is 2. The molecule has 3 aliphatic carbocycles. The maximum absolute atomic E-state index is 14.4. The predicted molar refractivity (Wildman–Crippen MR) is 179 cm³/mol. The normalized spacial score (nSPS) is 25.8. The molecule has 9 nitrogen and oxygen atoms in total. The molecule has 2 bridgehead atoms. The first kappa shape index (κ1) is 29.7. The highest BCUT2D eigenvalue weighted by molar-refractivity contribution is 6.20. The third kappa shape index (κ3) is 3.84. The number of benzene rings is 2. The molecule has 240 valence electrons. The Labute approximate surface area is 276 Å². The monoisotopic (exact) mass is 662 g/mol. The van der Waals surface area contributed by atoms with Crippen LogP contribution in [0, 0.1) is 24.7 Å². The Balaban J connectivity index is 1.10. The average molecular weight is 664 g/mol. The number of H-pyrrole nitrogens is 2. The average Bonchev–Trinajstić information content (AvgIpc) is 3.74. The molecule has 0 saturated heterocycles. The third-order valence-electron chi connectivity index (χ3n) is 10.8. The maximum atomic E-state index is 14.4. The van der Waals surface area contributed by atoms with E-state index in [1.807, 2.05) is 42.1 Å². The molecule has 2 atom stereocenters. The first-order valence-electron chi connectivity index (χ1n) is 15.9. The number of alkyl halides is 2. The van der Waals surface area contributed by atoms with E-state index < -0.39 is 16.8 Å². The van der Waals surface area contributed by atoms with Crippen LogP contribution in [0.1, 0.15) is 67.2 Å². The molecule has 2 unspecified atom stereocenters. The van der Waals surface area contributed by atoms with Gasteiger partial charge in [0.05, 0.1) is 39.8 Å². The number of fused-ring (bicyclic) bond motifs is 6. The molecular weight excluding hydrogens is 627 g/mol. The van der Waals surface area contributed by atoms with Crippen LogP contribution >= 0.6 is 23.2 Å². The molecule has 2 N–H and O–H groups in total. The van der Waals surface area contributed by atoms with Crippen LogP contribution in [0.5, 0.6) is 11.5 Å². The van der Waals surface area contributed by atoms with Gasteiger partial charge in [-0.25, -0.2) is 0 Å². The first-order chi connectivity index (χ1) is 22.1. The number of anilines is 2. The van der Waals surface area contributed by atoms with Gasteiger partial charge in [0.2, 0.25) is 11.8 Å². The van der Waals surface area contributed by atoms with Gasteiger partial charge >= 0.3 is 5.97 Å². The largest absolute Gasteiger partial charge is 0.492 e. The minimum Gasteiger partial charge on any atom is -0.492 e. The van der Waals surface area contributed by atoms with Crippen LogP contribution in [0.15, 0.2) is 24.5 Å². The predicted octanol–water partition coefficient (Wildman–Crippen LogP) is 6.80. The van der Waals surface area contributed by atoms with Crippen molar-refractivity contribution in [2.45, 2.75) is 58.8 Å². The van der Waals surface area contributed by atoms with E-state index in [2.05, 4.69) is 16.9 Å². The van der Waals surface area contributed by atoms with Crippen molar-refractivity contribution < 1.29 is 23.9 Å². The van der Waals surface area contributed by atoms with Gasteiger partial charge in [0, 0.05) is 78.9 Å². The van der Waals surface area contributed by atoms with E-state index in [-0.39, 0.29) is 23.7 Å². The molecule has 0 spiro atoms. The Morgan fingerprint density at radius 3 is 1.72 bits per heavy atom. The molecule has 11 heteroatoms. The molecule has 4 aromatic rings. The molecule has 46 heavy (non-hydrogen) atoms. The van der Waals surface area contributed by atoms with Crippen LogP contribution in [0.3, 0.4) is 0 Å². The van der Waals surface area contributed by atoms with Crippen LogP contribution in [-0.4, -0.2) is 59.2 Å². The quantitative estimate of drug-likeness (QED) is 0.129. The van der Waals surface area contributed by atoms with Crippen LogP contribution in [-0.2, 0) is 14.4 Å². The van der Waals surface area contributed by atoms with Crippen molar-refractivity contribution >= 4 is 74.2 Å². The van der Waals surface area contributed by atoms with E-state index >= 15 is 0 Å². The maximum Gasteiger partial charge on any atom is 0.308 e. The second-order valence-corrected chi connectivity index (χ2v) is 14.3. The number of rotatable bonds is 7. The van der Waals surface area contributed by atoms with Gasteiger partial charge in [-0.3, -0.25) is 14.4 Å². The topological polar surface area (TPSA) is 108 Å². The number of halogens is 2. The lowest BCUT2D eigenvalue weighted by atomic mass is 9.34. The van der Waals surface area contributed by atoms with Gasteiger partial charge in [0.15, 0.2) is 5.75 Å². The minimum atomic E-state index is -0.593. The van der Waals surface area contributed by atoms with Crippen molar-refractivity contribution in [2.75, 3.05) is 41.3 Å². The SMILES string of the molecule is CCOc1cc2c(c3c(C)c[nH]c13)C(CCl)CN2C(=O)C12CC(C(=O)N3CC(CCl)c4c3cc(OC(C)=O)c3[nH]cc(C)c43)(C1)C2. The number of carbonyl (C=O) groups is 3. The minimum absolute atomic E-state index is 0.00460. The zero-order valence-corrected chi connectivity index (χ0v) is 27.8. The van der Waals surface area contributed by atoms with E-state index in [9.17, 15) is 14.4 Å². The van der Waals surface area contributed by atoms with Gasteiger partial charge in [0.1, 0.15) is 5.75 Å². The molecule has 4 heterocycles. The van der Waals surface area contributed by atoms with Gasteiger partial charge < -0.3 is 29.2 Å². The van der Waals surface area contributed by atoms with Crippen molar-refractivity contribution in [3.05, 3.63) is 46.8 Å². The van der Waals surface area contributed by atoms with Crippen molar-refractivity contribution in [1.82, 2.24) is 9.97 Å². The number of esters is 1. The summed E-state index contributed by atoms with van der Waals surface area (Å²) in [7, 11) is 0. The standard InChI is InChI=1S/C35H36Cl2N4O5/c1-5-45-24-6-22-28(26-17(2)10-38-30(24)26)20(8-36)12-40(22)32(43)34-14-35(15-34,16-34)33(44)41-13-21(9-37)29-23(41)7-25(46-19(4)42)31-27(29)18(3)11-39-31/h6-7,10-11,20-21,38-39H,5,8-9,12-16H2,1-4H3. The van der Waals surface area contributed by atoms with E-state index in [1.165, 1.54) is 6.92 Å². The number of carbonyl (C=O) groups excluding carboxylic acids is 3. The molecule has 2 aromatic carbocycles. The van der Waals surface area contributed by atoms with Gasteiger partial charge in [-0.15, -0.1) is 23.2 Å². The molecule has 3 saturated carbocycles. The molecule has 2 amide bonds. The number of nitrogens with one attached hydrogen (secondary N) is 2. The van der Waals surface area contributed by atoms with Crippen LogP contribution in [0.4, 0.5) is 11.4 Å². The zero-order chi connectivity index (χ0) is 32.3.